The van der Waals surface area contributed by atoms with Crippen LogP contribution in [0.2, 0.25) is 0 Å². The first-order chi connectivity index (χ1) is 18.8. The number of hydrogen-bond acceptors (Lipinski definition) is 8. The monoisotopic (exact) mass is 555 g/mol. The highest BCUT2D eigenvalue weighted by atomic mass is 32.2. The standard InChI is InChI=1S/C27H17F4N3O4S/c28-19-5-1-3-17(23(19)30)25-26(18-4-2-6-20(29)24(18)31)33-34-27(32-25)39-13-15(35)12-37-16-9-7-14-8-10-22(36)38-21(14)11-16/h1-11,15,35H,12-13H2. The molecule has 0 amide bonds. The van der Waals surface area contributed by atoms with Crippen molar-refractivity contribution in [3.8, 4) is 28.3 Å². The fourth-order valence-corrected chi connectivity index (χ4v) is 4.35. The number of aromatic nitrogens is 3. The number of fused-ring (bicyclic) bond motifs is 1. The lowest BCUT2D eigenvalue weighted by atomic mass is 10.0. The molecule has 0 radical (unpaired) electrons. The molecule has 2 heterocycles. The van der Waals surface area contributed by atoms with Crippen LogP contribution in [-0.2, 0) is 0 Å². The number of ether oxygens (including phenoxy) is 1. The molecule has 1 unspecified atom stereocenters. The summed E-state index contributed by atoms with van der Waals surface area (Å²) in [7, 11) is 0. The van der Waals surface area contributed by atoms with Crippen LogP contribution in [0.25, 0.3) is 33.5 Å². The Morgan fingerprint density at radius 2 is 1.54 bits per heavy atom. The average molecular weight is 556 g/mol. The lowest BCUT2D eigenvalue weighted by molar-refractivity contribution is 0.126. The van der Waals surface area contributed by atoms with Gasteiger partial charge in [0.1, 0.15) is 29.3 Å². The quantitative estimate of drug-likeness (QED) is 0.154. The zero-order chi connectivity index (χ0) is 27.5. The van der Waals surface area contributed by atoms with Gasteiger partial charge in [-0.3, -0.25) is 0 Å². The molecular weight excluding hydrogens is 538 g/mol. The Bertz CT molecular complexity index is 1730. The maximum atomic E-state index is 14.7. The van der Waals surface area contributed by atoms with Gasteiger partial charge in [0.05, 0.1) is 6.10 Å². The highest BCUT2D eigenvalue weighted by molar-refractivity contribution is 7.99. The molecule has 0 aliphatic heterocycles. The van der Waals surface area contributed by atoms with Crippen LogP contribution in [0.4, 0.5) is 17.6 Å². The van der Waals surface area contributed by atoms with Crippen LogP contribution < -0.4 is 10.4 Å². The van der Waals surface area contributed by atoms with Crippen LogP contribution in [0.1, 0.15) is 0 Å². The first-order valence-corrected chi connectivity index (χ1v) is 12.4. The SMILES string of the molecule is O=c1ccc2ccc(OCC(O)CSc3nnc(-c4cccc(F)c4F)c(-c4cccc(F)c4F)n3)cc2o1. The number of aliphatic hydroxyl groups is 1. The van der Waals surface area contributed by atoms with E-state index >= 15 is 0 Å². The normalized spacial score (nSPS) is 12.0. The van der Waals surface area contributed by atoms with Crippen molar-refractivity contribution in [2.75, 3.05) is 12.4 Å². The van der Waals surface area contributed by atoms with Crippen molar-refractivity contribution in [3.63, 3.8) is 0 Å². The second-order valence-electron chi connectivity index (χ2n) is 8.22. The number of nitrogens with zero attached hydrogens (tertiary/aromatic N) is 3. The van der Waals surface area contributed by atoms with Crippen LogP contribution in [0.15, 0.2) is 81.1 Å². The first kappa shape index (κ1) is 26.3. The Balaban J connectivity index is 1.35. The van der Waals surface area contributed by atoms with E-state index in [-0.39, 0.29) is 40.0 Å². The van der Waals surface area contributed by atoms with E-state index in [2.05, 4.69) is 15.2 Å². The lowest BCUT2D eigenvalue weighted by Gasteiger charge is -2.13. The summed E-state index contributed by atoms with van der Waals surface area (Å²) < 4.78 is 67.8. The van der Waals surface area contributed by atoms with Crippen LogP contribution >= 0.6 is 11.8 Å². The Kier molecular flexibility index (Phi) is 7.57. The maximum Gasteiger partial charge on any atom is 0.336 e. The van der Waals surface area contributed by atoms with E-state index < -0.39 is 35.0 Å². The smallest absolute Gasteiger partial charge is 0.336 e. The predicted octanol–water partition coefficient (Wildman–Crippen LogP) is 5.40. The fraction of sp³-hybridized carbons (Fsp3) is 0.111. The van der Waals surface area contributed by atoms with Gasteiger partial charge < -0.3 is 14.3 Å². The average Bonchev–Trinajstić information content (AvgIpc) is 2.93. The van der Waals surface area contributed by atoms with Crippen molar-refractivity contribution in [2.24, 2.45) is 0 Å². The van der Waals surface area contributed by atoms with Crippen LogP contribution in [-0.4, -0.2) is 38.8 Å². The fourth-order valence-electron chi connectivity index (χ4n) is 3.66. The summed E-state index contributed by atoms with van der Waals surface area (Å²) in [6.45, 7) is -0.138. The molecule has 39 heavy (non-hydrogen) atoms. The van der Waals surface area contributed by atoms with E-state index in [0.29, 0.717) is 16.7 Å². The summed E-state index contributed by atoms with van der Waals surface area (Å²) in [5.74, 6) is -4.42. The second-order valence-corrected chi connectivity index (χ2v) is 9.21. The van der Waals surface area contributed by atoms with Crippen LogP contribution in [0, 0.1) is 23.3 Å². The molecule has 2 aromatic heterocycles. The summed E-state index contributed by atoms with van der Waals surface area (Å²) in [5.41, 5.74) is -1.36. The lowest BCUT2D eigenvalue weighted by Crippen LogP contribution is -2.20. The molecule has 0 saturated carbocycles. The van der Waals surface area contributed by atoms with Gasteiger partial charge in [-0.05, 0) is 42.5 Å². The molecule has 12 heteroatoms. The number of rotatable bonds is 8. The van der Waals surface area contributed by atoms with Gasteiger partial charge in [0.2, 0.25) is 5.16 Å². The summed E-state index contributed by atoms with van der Waals surface area (Å²) in [4.78, 5) is 15.6. The molecule has 5 rings (SSSR count). The summed E-state index contributed by atoms with van der Waals surface area (Å²) in [5, 5.41) is 18.9. The number of thioether (sulfide) groups is 1. The molecule has 0 spiro atoms. The van der Waals surface area contributed by atoms with Gasteiger partial charge >= 0.3 is 5.63 Å². The molecule has 0 aliphatic carbocycles. The number of aliphatic hydroxyl groups excluding tert-OH is 1. The van der Waals surface area contributed by atoms with Gasteiger partial charge in [-0.25, -0.2) is 27.3 Å². The Hall–Kier alpha value is -4.29. The highest BCUT2D eigenvalue weighted by Gasteiger charge is 2.22. The molecule has 3 aromatic carbocycles. The van der Waals surface area contributed by atoms with Crippen molar-refractivity contribution in [2.45, 2.75) is 11.3 Å². The summed E-state index contributed by atoms with van der Waals surface area (Å²) in [6.07, 6.45) is -1.02. The van der Waals surface area contributed by atoms with Crippen LogP contribution in [0.5, 0.6) is 5.75 Å². The second kappa shape index (κ2) is 11.2. The molecule has 0 aliphatic rings. The minimum Gasteiger partial charge on any atom is -0.491 e. The molecule has 0 fully saturated rings. The molecule has 1 N–H and O–H groups in total. The molecule has 7 nitrogen and oxygen atoms in total. The Morgan fingerprint density at radius 1 is 0.872 bits per heavy atom. The third-order valence-electron chi connectivity index (χ3n) is 5.52. The van der Waals surface area contributed by atoms with Crippen molar-refractivity contribution in [1.29, 1.82) is 0 Å². The molecule has 5 aromatic rings. The number of halogens is 4. The van der Waals surface area contributed by atoms with Gasteiger partial charge in [0.15, 0.2) is 23.3 Å². The first-order valence-electron chi connectivity index (χ1n) is 11.4. The highest BCUT2D eigenvalue weighted by Crippen LogP contribution is 2.34. The topological polar surface area (TPSA) is 98.3 Å². The molecular formula is C27H17F4N3O4S. The summed E-state index contributed by atoms with van der Waals surface area (Å²) in [6, 6.07) is 14.5. The van der Waals surface area contributed by atoms with E-state index in [0.717, 1.165) is 23.9 Å². The van der Waals surface area contributed by atoms with E-state index in [1.807, 2.05) is 0 Å². The van der Waals surface area contributed by atoms with E-state index in [1.54, 1.807) is 18.2 Å². The third-order valence-corrected chi connectivity index (χ3v) is 6.51. The zero-order valence-corrected chi connectivity index (χ0v) is 20.6. The minimum atomic E-state index is -1.24. The van der Waals surface area contributed by atoms with Crippen LogP contribution in [0.3, 0.4) is 0 Å². The third kappa shape index (κ3) is 5.76. The van der Waals surface area contributed by atoms with Gasteiger partial charge in [-0.15, -0.1) is 10.2 Å². The van der Waals surface area contributed by atoms with Crippen molar-refractivity contribution in [1.82, 2.24) is 15.2 Å². The van der Waals surface area contributed by atoms with Gasteiger partial charge in [-0.1, -0.05) is 23.9 Å². The van der Waals surface area contributed by atoms with Gasteiger partial charge in [0.25, 0.3) is 0 Å². The number of hydrogen-bond donors (Lipinski definition) is 1. The largest absolute Gasteiger partial charge is 0.491 e. The minimum absolute atomic E-state index is 0.0170. The molecule has 1 atom stereocenters. The van der Waals surface area contributed by atoms with E-state index in [1.165, 1.54) is 36.4 Å². The Labute approximate surface area is 222 Å². The molecule has 198 valence electrons. The Morgan fingerprint density at radius 3 is 2.26 bits per heavy atom. The van der Waals surface area contributed by atoms with Gasteiger partial charge in [0, 0.05) is 34.4 Å². The van der Waals surface area contributed by atoms with Crippen molar-refractivity contribution >= 4 is 22.7 Å². The van der Waals surface area contributed by atoms with Crippen molar-refractivity contribution in [3.05, 3.63) is 100 Å². The molecule has 0 bridgehead atoms. The number of benzene rings is 3. The van der Waals surface area contributed by atoms with E-state index in [4.69, 9.17) is 9.15 Å². The van der Waals surface area contributed by atoms with E-state index in [9.17, 15) is 27.5 Å². The maximum absolute atomic E-state index is 14.7. The zero-order valence-electron chi connectivity index (χ0n) is 19.8. The summed E-state index contributed by atoms with van der Waals surface area (Å²) >= 11 is 0.940. The van der Waals surface area contributed by atoms with Gasteiger partial charge in [-0.2, -0.15) is 0 Å². The predicted molar refractivity (Wildman–Crippen MR) is 135 cm³/mol. The molecule has 0 saturated heterocycles. The van der Waals surface area contributed by atoms with Crippen molar-refractivity contribution < 1.29 is 31.8 Å².